The van der Waals surface area contributed by atoms with Crippen LogP contribution in [0.3, 0.4) is 0 Å². The molecule has 1 aromatic carbocycles. The van der Waals surface area contributed by atoms with Crippen LogP contribution in [0.15, 0.2) is 35.3 Å². The lowest BCUT2D eigenvalue weighted by Crippen LogP contribution is -2.53. The van der Waals surface area contributed by atoms with Crippen molar-refractivity contribution >= 4 is 5.84 Å². The van der Waals surface area contributed by atoms with E-state index in [-0.39, 0.29) is 5.54 Å². The molecule has 3 heteroatoms. The molecule has 2 unspecified atom stereocenters. The van der Waals surface area contributed by atoms with Gasteiger partial charge in [-0.25, -0.2) is 4.99 Å². The predicted octanol–water partition coefficient (Wildman–Crippen LogP) is 2.77. The van der Waals surface area contributed by atoms with Gasteiger partial charge >= 0.3 is 0 Å². The van der Waals surface area contributed by atoms with Gasteiger partial charge in [-0.2, -0.15) is 0 Å². The fourth-order valence-corrected chi connectivity index (χ4v) is 3.60. The molecule has 2 aliphatic rings. The first kappa shape index (κ1) is 12.7. The van der Waals surface area contributed by atoms with Crippen LogP contribution in [-0.4, -0.2) is 33.7 Å². The molecule has 0 saturated carbocycles. The highest BCUT2D eigenvalue weighted by Crippen LogP contribution is 2.40. The molecule has 1 saturated heterocycles. The first-order valence-electron chi connectivity index (χ1n) is 7.01. The van der Waals surface area contributed by atoms with Gasteiger partial charge in [0.1, 0.15) is 5.84 Å². The standard InChI is InChI=1S/C16H22N2O/c1-15(2)11-16(3,19)17-14-9-13(10-18(14)15)12-7-5-4-6-8-12/h4-8,13,19H,9-11H2,1-3H3. The molecular formula is C16H22N2O. The summed E-state index contributed by atoms with van der Waals surface area (Å²) in [5, 5.41) is 10.3. The van der Waals surface area contributed by atoms with Gasteiger partial charge in [-0.1, -0.05) is 30.3 Å². The fourth-order valence-electron chi connectivity index (χ4n) is 3.60. The highest BCUT2D eigenvalue weighted by molar-refractivity contribution is 5.87. The van der Waals surface area contributed by atoms with E-state index in [0.29, 0.717) is 12.3 Å². The van der Waals surface area contributed by atoms with E-state index in [1.165, 1.54) is 5.56 Å². The molecule has 2 aliphatic heterocycles. The predicted molar refractivity (Wildman–Crippen MR) is 77.3 cm³/mol. The van der Waals surface area contributed by atoms with Gasteiger partial charge in [-0.3, -0.25) is 0 Å². The first-order valence-corrected chi connectivity index (χ1v) is 7.01. The quantitative estimate of drug-likeness (QED) is 0.840. The molecule has 1 fully saturated rings. The zero-order valence-corrected chi connectivity index (χ0v) is 11.9. The van der Waals surface area contributed by atoms with Gasteiger partial charge in [0.25, 0.3) is 0 Å². The molecule has 19 heavy (non-hydrogen) atoms. The molecule has 0 aromatic heterocycles. The zero-order chi connectivity index (χ0) is 13.7. The third-order valence-corrected chi connectivity index (χ3v) is 4.28. The molecule has 2 atom stereocenters. The van der Waals surface area contributed by atoms with Crippen molar-refractivity contribution in [3.63, 3.8) is 0 Å². The van der Waals surface area contributed by atoms with Gasteiger partial charge in [0, 0.05) is 30.8 Å². The van der Waals surface area contributed by atoms with Crippen LogP contribution in [0.25, 0.3) is 0 Å². The number of nitrogens with zero attached hydrogens (tertiary/aromatic N) is 2. The van der Waals surface area contributed by atoms with Crippen molar-refractivity contribution in [2.75, 3.05) is 6.54 Å². The van der Waals surface area contributed by atoms with Gasteiger partial charge < -0.3 is 10.0 Å². The summed E-state index contributed by atoms with van der Waals surface area (Å²) in [5.74, 6) is 1.56. The number of hydrogen-bond donors (Lipinski definition) is 1. The van der Waals surface area contributed by atoms with Crippen molar-refractivity contribution in [1.29, 1.82) is 0 Å². The monoisotopic (exact) mass is 258 g/mol. The first-order chi connectivity index (χ1) is 8.87. The van der Waals surface area contributed by atoms with E-state index in [4.69, 9.17) is 0 Å². The second kappa shape index (κ2) is 4.07. The lowest BCUT2D eigenvalue weighted by atomic mass is 9.90. The minimum absolute atomic E-state index is 0.0237. The Bertz CT molecular complexity index is 505. The third kappa shape index (κ3) is 2.27. The van der Waals surface area contributed by atoms with Crippen LogP contribution in [0.5, 0.6) is 0 Å². The van der Waals surface area contributed by atoms with Gasteiger partial charge in [0.15, 0.2) is 5.72 Å². The Morgan fingerprint density at radius 1 is 1.21 bits per heavy atom. The van der Waals surface area contributed by atoms with E-state index >= 15 is 0 Å². The van der Waals surface area contributed by atoms with E-state index in [2.05, 4.69) is 54.1 Å². The second-order valence-electron chi connectivity index (χ2n) is 6.66. The lowest BCUT2D eigenvalue weighted by Gasteiger charge is -2.45. The summed E-state index contributed by atoms with van der Waals surface area (Å²) >= 11 is 0. The Balaban J connectivity index is 1.92. The van der Waals surface area contributed by atoms with Crippen LogP contribution in [-0.2, 0) is 0 Å². The molecule has 0 aliphatic carbocycles. The van der Waals surface area contributed by atoms with Crippen LogP contribution in [0.1, 0.15) is 45.1 Å². The highest BCUT2D eigenvalue weighted by Gasteiger charge is 2.45. The Hall–Kier alpha value is -1.35. The summed E-state index contributed by atoms with van der Waals surface area (Å²) in [7, 11) is 0. The van der Waals surface area contributed by atoms with Crippen molar-refractivity contribution in [2.45, 2.75) is 50.8 Å². The van der Waals surface area contributed by atoms with E-state index in [1.54, 1.807) is 0 Å². The Morgan fingerprint density at radius 2 is 1.89 bits per heavy atom. The van der Waals surface area contributed by atoms with Crippen LogP contribution in [0, 0.1) is 0 Å². The second-order valence-corrected chi connectivity index (χ2v) is 6.66. The summed E-state index contributed by atoms with van der Waals surface area (Å²) < 4.78 is 0. The van der Waals surface area contributed by atoms with Crippen LogP contribution < -0.4 is 0 Å². The highest BCUT2D eigenvalue weighted by atomic mass is 16.3. The number of aliphatic imine (C=N–C) groups is 1. The van der Waals surface area contributed by atoms with Gasteiger partial charge in [0.2, 0.25) is 0 Å². The molecule has 0 radical (unpaired) electrons. The topological polar surface area (TPSA) is 35.8 Å². The van der Waals surface area contributed by atoms with E-state index in [0.717, 1.165) is 18.8 Å². The Kier molecular flexibility index (Phi) is 2.72. The SMILES string of the molecule is CC1(O)CC(C)(C)N2CC(c3ccccc3)CC2=N1. The molecule has 0 bridgehead atoms. The van der Waals surface area contributed by atoms with Crippen molar-refractivity contribution in [3.05, 3.63) is 35.9 Å². The minimum atomic E-state index is -0.916. The average molecular weight is 258 g/mol. The van der Waals surface area contributed by atoms with E-state index < -0.39 is 5.72 Å². The summed E-state index contributed by atoms with van der Waals surface area (Å²) in [5.41, 5.74) is 0.431. The summed E-state index contributed by atoms with van der Waals surface area (Å²) in [6.45, 7) is 7.22. The average Bonchev–Trinajstić information content (AvgIpc) is 2.72. The molecule has 3 rings (SSSR count). The van der Waals surface area contributed by atoms with Crippen LogP contribution >= 0.6 is 0 Å². The molecule has 1 N–H and O–H groups in total. The molecule has 0 amide bonds. The molecule has 1 aromatic rings. The Morgan fingerprint density at radius 3 is 2.58 bits per heavy atom. The van der Waals surface area contributed by atoms with E-state index in [9.17, 15) is 5.11 Å². The number of benzene rings is 1. The van der Waals surface area contributed by atoms with Gasteiger partial charge in [0.05, 0.1) is 0 Å². The lowest BCUT2D eigenvalue weighted by molar-refractivity contribution is -0.0000328. The van der Waals surface area contributed by atoms with Crippen LogP contribution in [0.4, 0.5) is 0 Å². The van der Waals surface area contributed by atoms with Gasteiger partial charge in [-0.05, 0) is 26.3 Å². The smallest absolute Gasteiger partial charge is 0.157 e. The third-order valence-electron chi connectivity index (χ3n) is 4.28. The van der Waals surface area contributed by atoms with E-state index in [1.807, 2.05) is 6.92 Å². The molecule has 3 nitrogen and oxygen atoms in total. The summed E-state index contributed by atoms with van der Waals surface area (Å²) in [4.78, 5) is 6.92. The molecular weight excluding hydrogens is 236 g/mol. The van der Waals surface area contributed by atoms with Crippen molar-refractivity contribution in [3.8, 4) is 0 Å². The maximum absolute atomic E-state index is 10.3. The number of fused-ring (bicyclic) bond motifs is 1. The molecule has 0 spiro atoms. The van der Waals surface area contributed by atoms with Crippen molar-refractivity contribution in [1.82, 2.24) is 4.90 Å². The number of aliphatic hydroxyl groups is 1. The number of hydrogen-bond acceptors (Lipinski definition) is 3. The Labute approximate surface area is 115 Å². The summed E-state index contributed by atoms with van der Waals surface area (Å²) in [6.07, 6.45) is 1.62. The minimum Gasteiger partial charge on any atom is -0.369 e. The number of amidine groups is 1. The molecule has 102 valence electrons. The largest absolute Gasteiger partial charge is 0.369 e. The normalized spacial score (nSPS) is 32.9. The maximum Gasteiger partial charge on any atom is 0.157 e. The summed E-state index contributed by atoms with van der Waals surface area (Å²) in [6, 6.07) is 10.6. The van der Waals surface area contributed by atoms with Crippen molar-refractivity contribution in [2.24, 2.45) is 4.99 Å². The fraction of sp³-hybridized carbons (Fsp3) is 0.562. The van der Waals surface area contributed by atoms with Gasteiger partial charge in [-0.15, -0.1) is 0 Å². The van der Waals surface area contributed by atoms with Crippen molar-refractivity contribution < 1.29 is 5.11 Å². The number of rotatable bonds is 1. The molecule has 2 heterocycles. The zero-order valence-electron chi connectivity index (χ0n) is 11.9. The van der Waals surface area contributed by atoms with Crippen LogP contribution in [0.2, 0.25) is 0 Å². The maximum atomic E-state index is 10.3.